The van der Waals surface area contributed by atoms with Crippen molar-refractivity contribution in [2.75, 3.05) is 31.6 Å². The third-order valence-corrected chi connectivity index (χ3v) is 9.73. The van der Waals surface area contributed by atoms with Crippen LogP contribution < -0.4 is 27.4 Å². The normalized spacial score (nSPS) is 14.5. The zero-order valence-electron chi connectivity index (χ0n) is 24.8. The van der Waals surface area contributed by atoms with Gasteiger partial charge in [-0.15, -0.1) is 0 Å². The van der Waals surface area contributed by atoms with E-state index in [-0.39, 0.29) is 19.0 Å². The van der Waals surface area contributed by atoms with Gasteiger partial charge in [-0.05, 0) is 53.8 Å². The first-order chi connectivity index (χ1) is 21.3. The Hall–Kier alpha value is -3.61. The summed E-state index contributed by atoms with van der Waals surface area (Å²) < 4.78 is 0. The minimum atomic E-state index is -0.910. The van der Waals surface area contributed by atoms with Crippen LogP contribution in [0.2, 0.25) is 5.02 Å². The van der Waals surface area contributed by atoms with Crippen LogP contribution in [0.25, 0.3) is 10.9 Å². The number of aromatic nitrogens is 2. The minimum Gasteiger partial charge on any atom is -0.371 e. The molecule has 2 amide bonds. The molecule has 0 saturated carbocycles. The number of rotatable bonds is 12. The van der Waals surface area contributed by atoms with Crippen molar-refractivity contribution in [3.8, 4) is 0 Å². The van der Waals surface area contributed by atoms with Gasteiger partial charge in [0.05, 0.1) is 11.1 Å². The maximum absolute atomic E-state index is 14.0. The van der Waals surface area contributed by atoms with Crippen LogP contribution in [0.5, 0.6) is 0 Å². The van der Waals surface area contributed by atoms with Crippen molar-refractivity contribution in [2.24, 2.45) is 17.2 Å². The predicted molar refractivity (Wildman–Crippen MR) is 177 cm³/mol. The molecule has 4 aromatic rings. The van der Waals surface area contributed by atoms with E-state index in [1.807, 2.05) is 48.7 Å². The van der Waals surface area contributed by atoms with Crippen LogP contribution in [0, 0.1) is 0 Å². The fourth-order valence-electron chi connectivity index (χ4n) is 5.54. The van der Waals surface area contributed by atoms with E-state index in [0.717, 1.165) is 69.1 Å². The van der Waals surface area contributed by atoms with Gasteiger partial charge in [-0.25, -0.2) is 4.98 Å². The molecule has 1 aliphatic heterocycles. The van der Waals surface area contributed by atoms with Gasteiger partial charge >= 0.3 is 0 Å². The van der Waals surface area contributed by atoms with Crippen LogP contribution in [-0.4, -0.2) is 65.4 Å². The predicted octanol–water partition coefficient (Wildman–Crippen LogP) is 3.40. The highest BCUT2D eigenvalue weighted by Crippen LogP contribution is 2.40. The lowest BCUT2D eigenvalue weighted by Crippen LogP contribution is -2.54. The Morgan fingerprint density at radius 3 is 2.64 bits per heavy atom. The van der Waals surface area contributed by atoms with E-state index in [2.05, 4.69) is 26.3 Å². The third kappa shape index (κ3) is 7.03. The van der Waals surface area contributed by atoms with Gasteiger partial charge in [-0.3, -0.25) is 9.59 Å². The molecule has 10 nitrogen and oxygen atoms in total. The Morgan fingerprint density at radius 2 is 1.89 bits per heavy atom. The van der Waals surface area contributed by atoms with Crippen LogP contribution in [-0.2, 0) is 29.1 Å². The highest BCUT2D eigenvalue weighted by Gasteiger charge is 2.31. The number of halogens is 1. The summed E-state index contributed by atoms with van der Waals surface area (Å²) in [6, 6.07) is 14.0. The monoisotopic (exact) mass is 634 g/mol. The fraction of sp³-hybridized carbons (Fsp3) is 0.344. The summed E-state index contributed by atoms with van der Waals surface area (Å²) >= 11 is 8.36. The number of carbonyl (C=O) groups excluding carboxylic acids is 2. The van der Waals surface area contributed by atoms with Crippen molar-refractivity contribution in [1.82, 2.24) is 20.2 Å². The summed E-state index contributed by atoms with van der Waals surface area (Å²) in [4.78, 5) is 39.4. The smallest absolute Gasteiger partial charge is 0.243 e. The number of nitrogens with two attached hydrogens (primary N) is 3. The highest BCUT2D eigenvalue weighted by atomic mass is 35.5. The number of nitrogens with one attached hydrogen (secondary N) is 2. The molecule has 1 saturated heterocycles. The number of para-hydroxylation sites is 1. The molecule has 0 radical (unpaired) electrons. The molecular weight excluding hydrogens is 596 g/mol. The largest absolute Gasteiger partial charge is 0.371 e. The number of amides is 2. The summed E-state index contributed by atoms with van der Waals surface area (Å²) in [6.07, 6.45) is 6.13. The Bertz CT molecular complexity index is 1620. The van der Waals surface area contributed by atoms with Crippen LogP contribution in [0.3, 0.4) is 0 Å². The lowest BCUT2D eigenvalue weighted by molar-refractivity contribution is -0.139. The van der Waals surface area contributed by atoms with E-state index in [4.69, 9.17) is 28.8 Å². The molecule has 1 aliphatic rings. The van der Waals surface area contributed by atoms with Crippen molar-refractivity contribution >= 4 is 51.8 Å². The highest BCUT2D eigenvalue weighted by molar-refractivity contribution is 7.99. The standard InChI is InChI=1S/C32H39ClN8O2S/c1-40(32(43)26(36)17-35)28(14-21-18-38-27-9-3-2-8-24(21)27)30(42)39-19-22-13-23(41-11-4-5-12-41)15-25(33)29(22)44-31-20(16-34)7-6-10-37-31/h2-3,6-10,13,15,18,26,28,38H,4-5,11-12,14,16-17,19,34-36H2,1H3,(H,39,42)/t26-,28-/m0/s1. The van der Waals surface area contributed by atoms with Gasteiger partial charge in [0, 0.05) is 80.1 Å². The van der Waals surface area contributed by atoms with Gasteiger partial charge in [-0.1, -0.05) is 47.6 Å². The maximum atomic E-state index is 14.0. The van der Waals surface area contributed by atoms with Crippen molar-refractivity contribution in [2.45, 2.75) is 54.4 Å². The average Bonchev–Trinajstić information content (AvgIpc) is 3.73. The van der Waals surface area contributed by atoms with E-state index < -0.39 is 18.0 Å². The number of pyridine rings is 1. The molecular formula is C32H39ClN8O2S. The van der Waals surface area contributed by atoms with E-state index in [1.54, 1.807) is 13.2 Å². The second-order valence-corrected chi connectivity index (χ2v) is 12.4. The number of likely N-dealkylation sites (N-methyl/N-ethyl adjacent to an activating group) is 1. The first kappa shape index (κ1) is 31.8. The number of H-pyrrole nitrogens is 1. The number of aromatic amines is 1. The van der Waals surface area contributed by atoms with Gasteiger partial charge in [0.2, 0.25) is 11.8 Å². The van der Waals surface area contributed by atoms with Crippen LogP contribution in [0.15, 0.2) is 70.8 Å². The lowest BCUT2D eigenvalue weighted by atomic mass is 10.0. The number of carbonyl (C=O) groups is 2. The molecule has 3 heterocycles. The van der Waals surface area contributed by atoms with E-state index >= 15 is 0 Å². The Balaban J connectivity index is 1.45. The van der Waals surface area contributed by atoms with Crippen molar-refractivity contribution in [1.29, 1.82) is 0 Å². The van der Waals surface area contributed by atoms with Gasteiger partial charge in [0.1, 0.15) is 11.1 Å². The van der Waals surface area contributed by atoms with Gasteiger partial charge in [-0.2, -0.15) is 0 Å². The molecule has 0 unspecified atom stereocenters. The summed E-state index contributed by atoms with van der Waals surface area (Å²) in [5.74, 6) is -0.707. The van der Waals surface area contributed by atoms with Crippen molar-refractivity contribution < 1.29 is 9.59 Å². The molecule has 2 aromatic heterocycles. The molecule has 1 fully saturated rings. The molecule has 2 atom stereocenters. The maximum Gasteiger partial charge on any atom is 0.243 e. The molecule has 44 heavy (non-hydrogen) atoms. The fourth-order valence-corrected chi connectivity index (χ4v) is 6.89. The Kier molecular flexibility index (Phi) is 10.4. The van der Waals surface area contributed by atoms with Crippen molar-refractivity contribution in [3.63, 3.8) is 0 Å². The number of benzene rings is 2. The lowest BCUT2D eigenvalue weighted by Gasteiger charge is -2.29. The van der Waals surface area contributed by atoms with Gasteiger partial charge < -0.3 is 37.3 Å². The SMILES string of the molecule is CN(C(=O)[C@@H](N)CN)[C@@H](Cc1c[nH]c2ccccc12)C(=O)NCc1cc(N2CCCC2)cc(Cl)c1Sc1ncccc1CN. The number of hydrogen-bond acceptors (Lipinski definition) is 8. The zero-order chi connectivity index (χ0) is 31.2. The Morgan fingerprint density at radius 1 is 1.11 bits per heavy atom. The number of anilines is 1. The molecule has 5 rings (SSSR count). The first-order valence-electron chi connectivity index (χ1n) is 14.7. The summed E-state index contributed by atoms with van der Waals surface area (Å²) in [7, 11) is 1.60. The van der Waals surface area contributed by atoms with Gasteiger partial charge in [0.15, 0.2) is 0 Å². The quantitative estimate of drug-likeness (QED) is 0.159. The number of nitrogens with zero attached hydrogens (tertiary/aromatic N) is 3. The van der Waals surface area contributed by atoms with Gasteiger partial charge in [0.25, 0.3) is 0 Å². The first-order valence-corrected chi connectivity index (χ1v) is 15.9. The van der Waals surface area contributed by atoms with Crippen molar-refractivity contribution in [3.05, 3.63) is 82.6 Å². The van der Waals surface area contributed by atoms with Crippen LogP contribution in [0.1, 0.15) is 29.5 Å². The average molecular weight is 635 g/mol. The Labute approximate surface area is 266 Å². The molecule has 0 bridgehead atoms. The topological polar surface area (TPSA) is 159 Å². The summed E-state index contributed by atoms with van der Waals surface area (Å²) in [5.41, 5.74) is 22.3. The minimum absolute atomic E-state index is 0.0225. The number of fused-ring (bicyclic) bond motifs is 1. The molecule has 0 aliphatic carbocycles. The van der Waals surface area contributed by atoms with E-state index in [0.29, 0.717) is 18.0 Å². The summed E-state index contributed by atoms with van der Waals surface area (Å²) in [6.45, 7) is 2.42. The zero-order valence-corrected chi connectivity index (χ0v) is 26.3. The van der Waals surface area contributed by atoms with Crippen LogP contribution in [0.4, 0.5) is 5.69 Å². The van der Waals surface area contributed by atoms with E-state index in [1.165, 1.54) is 16.7 Å². The third-order valence-electron chi connectivity index (χ3n) is 8.08. The second kappa shape index (κ2) is 14.4. The van der Waals surface area contributed by atoms with E-state index in [9.17, 15) is 9.59 Å². The molecule has 12 heteroatoms. The molecule has 8 N–H and O–H groups in total. The molecule has 2 aromatic carbocycles. The second-order valence-electron chi connectivity index (χ2n) is 11.0. The molecule has 232 valence electrons. The molecule has 0 spiro atoms. The summed E-state index contributed by atoms with van der Waals surface area (Å²) in [5, 5.41) is 5.43. The van der Waals surface area contributed by atoms with Crippen LogP contribution >= 0.6 is 23.4 Å². The number of hydrogen-bond donors (Lipinski definition) is 5.